The van der Waals surface area contributed by atoms with E-state index in [0.29, 0.717) is 31.2 Å². The van der Waals surface area contributed by atoms with Crippen LogP contribution >= 0.6 is 12.4 Å². The summed E-state index contributed by atoms with van der Waals surface area (Å²) < 4.78 is 12.7. The molecule has 1 unspecified atom stereocenters. The van der Waals surface area contributed by atoms with Crippen LogP contribution in [0.25, 0.3) is 0 Å². The molecule has 2 atom stereocenters. The minimum Gasteiger partial charge on any atom is -0.343 e. The van der Waals surface area contributed by atoms with Crippen molar-refractivity contribution in [3.8, 4) is 0 Å². The summed E-state index contributed by atoms with van der Waals surface area (Å²) in [4.78, 5) is 29.1. The Balaban J connectivity index is 0.00000324. The van der Waals surface area contributed by atoms with Crippen LogP contribution in [0, 0.1) is 5.92 Å². The Morgan fingerprint density at radius 1 is 1.18 bits per heavy atom. The van der Waals surface area contributed by atoms with Gasteiger partial charge in [0.2, 0.25) is 11.8 Å². The summed E-state index contributed by atoms with van der Waals surface area (Å²) in [5.74, 6) is 1.02. The van der Waals surface area contributed by atoms with Gasteiger partial charge < -0.3 is 16.0 Å². The van der Waals surface area contributed by atoms with E-state index in [2.05, 4.69) is 11.4 Å². The van der Waals surface area contributed by atoms with Gasteiger partial charge in [-0.1, -0.05) is 50.3 Å². The molecule has 2 aliphatic heterocycles. The number of halogens is 1. The van der Waals surface area contributed by atoms with Crippen molar-refractivity contribution in [2.45, 2.75) is 93.5 Å². The van der Waals surface area contributed by atoms with Crippen LogP contribution < -0.4 is 11.1 Å². The van der Waals surface area contributed by atoms with Crippen LogP contribution in [-0.4, -0.2) is 51.3 Å². The van der Waals surface area contributed by atoms with Crippen molar-refractivity contribution < 1.29 is 13.8 Å². The van der Waals surface area contributed by atoms with Crippen LogP contribution in [0.2, 0.25) is 0 Å². The fourth-order valence-corrected chi connectivity index (χ4v) is 7.64. The van der Waals surface area contributed by atoms with Crippen molar-refractivity contribution in [2.75, 3.05) is 18.8 Å². The Kier molecular flexibility index (Phi) is 8.85. The zero-order valence-electron chi connectivity index (χ0n) is 20.5. The van der Waals surface area contributed by atoms with Crippen LogP contribution in [-0.2, 0) is 25.8 Å². The van der Waals surface area contributed by atoms with Gasteiger partial charge in [0, 0.05) is 29.2 Å². The van der Waals surface area contributed by atoms with E-state index in [9.17, 15) is 13.8 Å². The number of rotatable bonds is 6. The highest BCUT2D eigenvalue weighted by Gasteiger charge is 2.45. The third-order valence-corrected chi connectivity index (χ3v) is 9.58. The fourth-order valence-electron chi connectivity index (χ4n) is 5.78. The Hall–Kier alpha value is -1.44. The molecule has 3 N–H and O–H groups in total. The van der Waals surface area contributed by atoms with E-state index in [1.807, 2.05) is 23.1 Å². The van der Waals surface area contributed by atoms with Gasteiger partial charge in [-0.25, -0.2) is 0 Å². The Labute approximate surface area is 212 Å². The summed E-state index contributed by atoms with van der Waals surface area (Å²) in [7, 11) is -0.964. The maximum absolute atomic E-state index is 13.6. The van der Waals surface area contributed by atoms with Crippen molar-refractivity contribution in [1.82, 2.24) is 10.2 Å². The van der Waals surface area contributed by atoms with Crippen molar-refractivity contribution in [2.24, 2.45) is 11.7 Å². The molecule has 6 nitrogen and oxygen atoms in total. The maximum Gasteiger partial charge on any atom is 0.245 e. The monoisotopic (exact) mass is 509 g/mol. The first-order valence-electron chi connectivity index (χ1n) is 12.6. The van der Waals surface area contributed by atoms with E-state index in [-0.39, 0.29) is 29.6 Å². The number of likely N-dealkylation sites (tertiary alicyclic amines) is 1. The van der Waals surface area contributed by atoms with Crippen LogP contribution in [0.4, 0.5) is 0 Å². The molecule has 2 heterocycles. The van der Waals surface area contributed by atoms with Gasteiger partial charge in [0.15, 0.2) is 0 Å². The molecule has 2 amide bonds. The van der Waals surface area contributed by atoms with Gasteiger partial charge in [0.05, 0.1) is 16.3 Å². The molecule has 2 fully saturated rings. The molecule has 1 aliphatic carbocycles. The standard InChI is InChI=1S/C26H39N3O3S.ClH/c1-25(2,27)24(31)28-21(13-12-19-8-4-3-5-9-19)23(30)29-16-14-26(15-17-29)18-33(32)22-11-7-6-10-20(22)26;/h6-7,10-11,19,21H,3-5,8-9,12-18,27H2,1-2H3,(H,28,31);1H/t21-,33?;/m1./s1. The largest absolute Gasteiger partial charge is 0.343 e. The molecule has 34 heavy (non-hydrogen) atoms. The summed E-state index contributed by atoms with van der Waals surface area (Å²) in [6, 6.07) is 7.53. The number of hydrogen-bond donors (Lipinski definition) is 2. The Bertz CT molecular complexity index is 903. The average molecular weight is 510 g/mol. The van der Waals surface area contributed by atoms with Crippen LogP contribution in [0.15, 0.2) is 29.2 Å². The van der Waals surface area contributed by atoms with Crippen LogP contribution in [0.3, 0.4) is 0 Å². The van der Waals surface area contributed by atoms with Gasteiger partial charge in [-0.05, 0) is 57.1 Å². The molecule has 8 heteroatoms. The summed E-state index contributed by atoms with van der Waals surface area (Å²) >= 11 is 0. The number of nitrogens with two attached hydrogens (primary N) is 1. The van der Waals surface area contributed by atoms with Gasteiger partial charge in [-0.3, -0.25) is 13.8 Å². The lowest BCUT2D eigenvalue weighted by molar-refractivity contribution is -0.139. The minimum absolute atomic E-state index is 0. The third-order valence-electron chi connectivity index (χ3n) is 7.92. The number of carbonyl (C=O) groups is 2. The highest BCUT2D eigenvalue weighted by molar-refractivity contribution is 7.85. The van der Waals surface area contributed by atoms with Crippen LogP contribution in [0.5, 0.6) is 0 Å². The second-order valence-electron chi connectivity index (χ2n) is 10.9. The molecule has 1 spiro atoms. The summed E-state index contributed by atoms with van der Waals surface area (Å²) in [5, 5.41) is 2.97. The normalized spacial score (nSPS) is 23.1. The topological polar surface area (TPSA) is 92.5 Å². The molecular formula is C26H40ClN3O3S. The molecule has 0 aromatic heterocycles. The maximum atomic E-state index is 13.6. The molecule has 1 aromatic rings. The number of benzene rings is 1. The molecular weight excluding hydrogens is 470 g/mol. The number of nitrogens with zero attached hydrogens (tertiary/aromatic N) is 1. The van der Waals surface area contributed by atoms with Gasteiger partial charge in [0.1, 0.15) is 6.04 Å². The van der Waals surface area contributed by atoms with E-state index >= 15 is 0 Å². The smallest absolute Gasteiger partial charge is 0.245 e. The van der Waals surface area contributed by atoms with E-state index in [4.69, 9.17) is 5.73 Å². The molecule has 190 valence electrons. The first-order valence-corrected chi connectivity index (χ1v) is 13.9. The van der Waals surface area contributed by atoms with Gasteiger partial charge >= 0.3 is 0 Å². The Morgan fingerprint density at radius 2 is 1.82 bits per heavy atom. The van der Waals surface area contributed by atoms with Gasteiger partial charge in [-0.2, -0.15) is 0 Å². The number of fused-ring (bicyclic) bond motifs is 2. The predicted molar refractivity (Wildman–Crippen MR) is 138 cm³/mol. The number of hydrogen-bond acceptors (Lipinski definition) is 4. The number of piperidine rings is 1. The molecule has 1 aromatic carbocycles. The second kappa shape index (κ2) is 11.1. The van der Waals surface area contributed by atoms with Crippen molar-refractivity contribution in [1.29, 1.82) is 0 Å². The highest BCUT2D eigenvalue weighted by Crippen LogP contribution is 2.44. The molecule has 0 radical (unpaired) electrons. The summed E-state index contributed by atoms with van der Waals surface area (Å²) in [6.45, 7) is 4.61. The molecule has 1 saturated carbocycles. The first kappa shape index (κ1) is 27.2. The van der Waals surface area contributed by atoms with Crippen LogP contribution in [0.1, 0.15) is 77.2 Å². The minimum atomic E-state index is -1.02. The molecule has 3 aliphatic rings. The van der Waals surface area contributed by atoms with Gasteiger partial charge in [0.25, 0.3) is 0 Å². The molecule has 4 rings (SSSR count). The predicted octanol–water partition coefficient (Wildman–Crippen LogP) is 3.67. The summed E-state index contributed by atoms with van der Waals surface area (Å²) in [5.41, 5.74) is 6.09. The van der Waals surface area contributed by atoms with E-state index < -0.39 is 22.4 Å². The lowest BCUT2D eigenvalue weighted by atomic mass is 9.74. The van der Waals surface area contributed by atoms with Crippen molar-refractivity contribution in [3.05, 3.63) is 29.8 Å². The second-order valence-corrected chi connectivity index (χ2v) is 12.3. The van der Waals surface area contributed by atoms with E-state index in [1.54, 1.807) is 13.8 Å². The van der Waals surface area contributed by atoms with E-state index in [0.717, 1.165) is 24.2 Å². The lowest BCUT2D eigenvalue weighted by Crippen LogP contribution is -2.58. The van der Waals surface area contributed by atoms with E-state index in [1.165, 1.54) is 37.7 Å². The average Bonchev–Trinajstić information content (AvgIpc) is 3.08. The highest BCUT2D eigenvalue weighted by atomic mass is 35.5. The van der Waals surface area contributed by atoms with Gasteiger partial charge in [-0.15, -0.1) is 12.4 Å². The molecule has 0 bridgehead atoms. The summed E-state index contributed by atoms with van der Waals surface area (Å²) in [6.07, 6.45) is 9.54. The molecule has 1 saturated heterocycles. The zero-order chi connectivity index (χ0) is 23.6. The van der Waals surface area contributed by atoms with Crippen molar-refractivity contribution >= 4 is 35.0 Å². The quantitative estimate of drug-likeness (QED) is 0.612. The van der Waals surface area contributed by atoms with Crippen molar-refractivity contribution in [3.63, 3.8) is 0 Å². The zero-order valence-corrected chi connectivity index (χ0v) is 22.1. The number of carbonyl (C=O) groups excluding carboxylic acids is 2. The lowest BCUT2D eigenvalue weighted by Gasteiger charge is -2.41. The first-order chi connectivity index (χ1) is 15.7. The number of nitrogens with one attached hydrogen (secondary N) is 1. The fraction of sp³-hybridized carbons (Fsp3) is 0.692. The number of amides is 2. The third kappa shape index (κ3) is 5.85. The Morgan fingerprint density at radius 3 is 2.47 bits per heavy atom. The SMILES string of the molecule is CC(C)(N)C(=O)N[C@H](CCC1CCCCC1)C(=O)N1CCC2(CC1)CS(=O)c1ccccc12.Cl.